The van der Waals surface area contributed by atoms with Gasteiger partial charge in [0, 0.05) is 9.64 Å². The van der Waals surface area contributed by atoms with Crippen LogP contribution in [0, 0.1) is 0 Å². The van der Waals surface area contributed by atoms with Gasteiger partial charge in [-0.15, -0.1) is 11.8 Å². The Balaban J connectivity index is 2.76. The van der Waals surface area contributed by atoms with Gasteiger partial charge in [0.15, 0.2) is 0 Å². The van der Waals surface area contributed by atoms with E-state index in [1.807, 2.05) is 23.9 Å². The van der Waals surface area contributed by atoms with Crippen molar-refractivity contribution in [1.29, 1.82) is 0 Å². The SMILES string of the molecule is CCC(C)=CC(C)(C)Sc1ccc(O)cc1. The molecule has 1 aromatic carbocycles. The van der Waals surface area contributed by atoms with Crippen molar-refractivity contribution in [3.05, 3.63) is 35.9 Å². The number of aromatic hydroxyl groups is 1. The third-order valence-corrected chi connectivity index (χ3v) is 3.52. The highest BCUT2D eigenvalue weighted by molar-refractivity contribution is 8.00. The lowest BCUT2D eigenvalue weighted by molar-refractivity contribution is 0.475. The Bertz CT molecular complexity index is 363. The molecule has 1 aromatic rings. The van der Waals surface area contributed by atoms with Crippen LogP contribution in [0.3, 0.4) is 0 Å². The first kappa shape index (κ1) is 13.2. The fraction of sp³-hybridized carbons (Fsp3) is 0.429. The number of phenolic OH excluding ortho intramolecular Hbond substituents is 1. The van der Waals surface area contributed by atoms with Gasteiger partial charge in [-0.1, -0.05) is 18.6 Å². The summed E-state index contributed by atoms with van der Waals surface area (Å²) in [5.74, 6) is 0.322. The number of thioether (sulfide) groups is 1. The normalized spacial score (nSPS) is 12.9. The van der Waals surface area contributed by atoms with Crippen molar-refractivity contribution in [1.82, 2.24) is 0 Å². The molecule has 0 saturated carbocycles. The van der Waals surface area contributed by atoms with Gasteiger partial charge >= 0.3 is 0 Å². The van der Waals surface area contributed by atoms with Gasteiger partial charge in [0.05, 0.1) is 0 Å². The van der Waals surface area contributed by atoms with Crippen LogP contribution in [0.25, 0.3) is 0 Å². The first-order chi connectivity index (χ1) is 7.43. The Morgan fingerprint density at radius 3 is 2.38 bits per heavy atom. The number of phenols is 1. The molecule has 2 heteroatoms. The van der Waals surface area contributed by atoms with Crippen LogP contribution in [0.4, 0.5) is 0 Å². The highest BCUT2D eigenvalue weighted by Crippen LogP contribution is 2.35. The lowest BCUT2D eigenvalue weighted by Crippen LogP contribution is -2.10. The summed E-state index contributed by atoms with van der Waals surface area (Å²) in [4.78, 5) is 1.18. The zero-order chi connectivity index (χ0) is 12.2. The van der Waals surface area contributed by atoms with Gasteiger partial charge in [0.25, 0.3) is 0 Å². The summed E-state index contributed by atoms with van der Waals surface area (Å²) in [6.45, 7) is 8.76. The number of hydrogen-bond donors (Lipinski definition) is 1. The largest absolute Gasteiger partial charge is 0.508 e. The molecule has 0 aliphatic heterocycles. The summed E-state index contributed by atoms with van der Waals surface area (Å²) >= 11 is 1.81. The van der Waals surface area contributed by atoms with E-state index in [9.17, 15) is 5.11 Å². The second kappa shape index (κ2) is 5.44. The molecule has 1 rings (SSSR count). The van der Waals surface area contributed by atoms with Crippen LogP contribution in [0.1, 0.15) is 34.1 Å². The number of hydrogen-bond acceptors (Lipinski definition) is 2. The quantitative estimate of drug-likeness (QED) is 0.608. The van der Waals surface area contributed by atoms with Crippen molar-refractivity contribution in [2.75, 3.05) is 0 Å². The fourth-order valence-electron chi connectivity index (χ4n) is 1.54. The third-order valence-electron chi connectivity index (χ3n) is 2.37. The molecular weight excluding hydrogens is 216 g/mol. The molecule has 0 aliphatic carbocycles. The van der Waals surface area contributed by atoms with Gasteiger partial charge < -0.3 is 5.11 Å². The molecule has 0 atom stereocenters. The van der Waals surface area contributed by atoms with Crippen LogP contribution < -0.4 is 0 Å². The second-order valence-electron chi connectivity index (χ2n) is 4.54. The molecule has 0 aromatic heterocycles. The zero-order valence-corrected chi connectivity index (χ0v) is 11.3. The molecule has 1 nitrogen and oxygen atoms in total. The standard InChI is InChI=1S/C14H20OS/c1-5-11(2)10-14(3,4)16-13-8-6-12(15)7-9-13/h6-10,15H,5H2,1-4H3. The minimum Gasteiger partial charge on any atom is -0.508 e. The van der Waals surface area contributed by atoms with Crippen molar-refractivity contribution in [3.8, 4) is 5.75 Å². The Kier molecular flexibility index (Phi) is 4.48. The first-order valence-corrected chi connectivity index (χ1v) is 6.41. The van der Waals surface area contributed by atoms with E-state index >= 15 is 0 Å². The van der Waals surface area contributed by atoms with Crippen LogP contribution in [0.5, 0.6) is 5.75 Å². The summed E-state index contributed by atoms with van der Waals surface area (Å²) in [6, 6.07) is 7.37. The summed E-state index contributed by atoms with van der Waals surface area (Å²) in [7, 11) is 0. The molecule has 0 fully saturated rings. The molecule has 88 valence electrons. The monoisotopic (exact) mass is 236 g/mol. The van der Waals surface area contributed by atoms with Gasteiger partial charge in [-0.05, 0) is 51.5 Å². The lowest BCUT2D eigenvalue weighted by atomic mass is 10.1. The van der Waals surface area contributed by atoms with Crippen LogP contribution in [-0.2, 0) is 0 Å². The molecule has 16 heavy (non-hydrogen) atoms. The van der Waals surface area contributed by atoms with Crippen molar-refractivity contribution in [3.63, 3.8) is 0 Å². The maximum atomic E-state index is 9.22. The number of rotatable bonds is 4. The summed E-state index contributed by atoms with van der Waals surface area (Å²) in [5.41, 5.74) is 1.41. The summed E-state index contributed by atoms with van der Waals surface area (Å²) in [6.07, 6.45) is 3.41. The lowest BCUT2D eigenvalue weighted by Gasteiger charge is -2.21. The zero-order valence-electron chi connectivity index (χ0n) is 10.4. The molecule has 0 spiro atoms. The van der Waals surface area contributed by atoms with E-state index in [1.165, 1.54) is 10.5 Å². The minimum atomic E-state index is 0.0943. The Morgan fingerprint density at radius 1 is 1.31 bits per heavy atom. The van der Waals surface area contributed by atoms with E-state index in [0.717, 1.165) is 6.42 Å². The van der Waals surface area contributed by atoms with Crippen LogP contribution in [0.2, 0.25) is 0 Å². The molecule has 0 unspecified atom stereocenters. The third kappa shape index (κ3) is 4.31. The van der Waals surface area contributed by atoms with Gasteiger partial charge in [-0.3, -0.25) is 0 Å². The summed E-state index contributed by atoms with van der Waals surface area (Å²) in [5, 5.41) is 9.22. The van der Waals surface area contributed by atoms with Crippen molar-refractivity contribution in [2.24, 2.45) is 0 Å². The van der Waals surface area contributed by atoms with Crippen molar-refractivity contribution >= 4 is 11.8 Å². The maximum absolute atomic E-state index is 9.22. The van der Waals surface area contributed by atoms with Gasteiger partial charge in [0.2, 0.25) is 0 Å². The van der Waals surface area contributed by atoms with Crippen LogP contribution in [-0.4, -0.2) is 9.85 Å². The Labute approximate surface area is 103 Å². The maximum Gasteiger partial charge on any atom is 0.115 e. The van der Waals surface area contributed by atoms with Crippen LogP contribution >= 0.6 is 11.8 Å². The molecule has 0 saturated heterocycles. The van der Waals surface area contributed by atoms with E-state index < -0.39 is 0 Å². The molecule has 1 N–H and O–H groups in total. The van der Waals surface area contributed by atoms with E-state index in [4.69, 9.17) is 0 Å². The topological polar surface area (TPSA) is 20.2 Å². The second-order valence-corrected chi connectivity index (χ2v) is 6.27. The van der Waals surface area contributed by atoms with E-state index in [2.05, 4.69) is 33.8 Å². The average molecular weight is 236 g/mol. The molecule has 0 radical (unpaired) electrons. The number of benzene rings is 1. The van der Waals surface area contributed by atoms with E-state index in [-0.39, 0.29) is 4.75 Å². The van der Waals surface area contributed by atoms with E-state index in [1.54, 1.807) is 12.1 Å². The highest BCUT2D eigenvalue weighted by atomic mass is 32.2. The smallest absolute Gasteiger partial charge is 0.115 e. The highest BCUT2D eigenvalue weighted by Gasteiger charge is 2.16. The fourth-order valence-corrected chi connectivity index (χ4v) is 2.68. The Hall–Kier alpha value is -0.890. The minimum absolute atomic E-state index is 0.0943. The summed E-state index contributed by atoms with van der Waals surface area (Å²) < 4.78 is 0.0943. The van der Waals surface area contributed by atoms with Crippen molar-refractivity contribution < 1.29 is 5.11 Å². The molecule has 0 heterocycles. The predicted octanol–water partition coefficient (Wildman–Crippen LogP) is 4.62. The predicted molar refractivity (Wildman–Crippen MR) is 72.1 cm³/mol. The average Bonchev–Trinajstić information content (AvgIpc) is 2.20. The first-order valence-electron chi connectivity index (χ1n) is 5.59. The van der Waals surface area contributed by atoms with Gasteiger partial charge in [-0.25, -0.2) is 0 Å². The van der Waals surface area contributed by atoms with E-state index in [0.29, 0.717) is 5.75 Å². The molecular formula is C14H20OS. The molecule has 0 aliphatic rings. The molecule has 0 amide bonds. The van der Waals surface area contributed by atoms with Crippen LogP contribution in [0.15, 0.2) is 40.8 Å². The Morgan fingerprint density at radius 2 is 1.88 bits per heavy atom. The number of allylic oxidation sites excluding steroid dienone is 1. The molecule has 0 bridgehead atoms. The van der Waals surface area contributed by atoms with Gasteiger partial charge in [0.1, 0.15) is 5.75 Å². The van der Waals surface area contributed by atoms with Crippen molar-refractivity contribution in [2.45, 2.75) is 43.8 Å². The van der Waals surface area contributed by atoms with Gasteiger partial charge in [-0.2, -0.15) is 0 Å².